The Balaban J connectivity index is 1.05. The molecule has 4 heteroatoms. The van der Waals surface area contributed by atoms with E-state index in [0.717, 1.165) is 17.1 Å². The van der Waals surface area contributed by atoms with E-state index in [9.17, 15) is 0 Å². The Kier molecular flexibility index (Phi) is 6.60. The average molecular weight is 756 g/mol. The number of aromatic nitrogens is 2. The number of nitrogens with zero attached hydrogens (tertiary/aromatic N) is 3. The first-order valence-corrected chi connectivity index (χ1v) is 20.7. The molecule has 4 heterocycles. The van der Waals surface area contributed by atoms with Crippen molar-refractivity contribution >= 4 is 103 Å². The van der Waals surface area contributed by atoms with Crippen molar-refractivity contribution < 1.29 is 0 Å². The van der Waals surface area contributed by atoms with Crippen LogP contribution in [0.15, 0.2) is 200 Å². The van der Waals surface area contributed by atoms with Gasteiger partial charge in [0.2, 0.25) is 0 Å². The molecule has 4 aromatic heterocycles. The fourth-order valence-electron chi connectivity index (χ4n) is 9.61. The fraction of sp³-hybridized carbons (Fsp3) is 0. The zero-order chi connectivity index (χ0) is 37.9. The maximum Gasteiger partial charge on any atom is 0.0789 e. The highest BCUT2D eigenvalue weighted by Gasteiger charge is 2.23. The summed E-state index contributed by atoms with van der Waals surface area (Å²) < 4.78 is 7.62. The van der Waals surface area contributed by atoms with Crippen LogP contribution in [0.1, 0.15) is 0 Å². The first-order chi connectivity index (χ1) is 28.8. The third-order valence-electron chi connectivity index (χ3n) is 12.2. The van der Waals surface area contributed by atoms with Crippen molar-refractivity contribution in [3.05, 3.63) is 200 Å². The van der Waals surface area contributed by atoms with Crippen molar-refractivity contribution in [1.82, 2.24) is 8.80 Å². The maximum atomic E-state index is 2.51. The molecule has 0 aliphatic rings. The summed E-state index contributed by atoms with van der Waals surface area (Å²) in [5.74, 6) is 0. The maximum absolute atomic E-state index is 2.51. The van der Waals surface area contributed by atoms with Crippen molar-refractivity contribution in [3.8, 4) is 22.3 Å². The summed E-state index contributed by atoms with van der Waals surface area (Å²) in [7, 11) is 0. The molecule has 9 aromatic carbocycles. The molecule has 0 atom stereocenters. The smallest absolute Gasteiger partial charge is 0.0789 e. The zero-order valence-electron chi connectivity index (χ0n) is 31.3. The topological polar surface area (TPSA) is 12.1 Å². The van der Waals surface area contributed by atoms with Crippen LogP contribution in [-0.4, -0.2) is 8.80 Å². The van der Waals surface area contributed by atoms with Gasteiger partial charge in [0.15, 0.2) is 0 Å². The molecule has 0 fully saturated rings. The molecule has 0 unspecified atom stereocenters. The van der Waals surface area contributed by atoms with Gasteiger partial charge in [-0.1, -0.05) is 133 Å². The minimum Gasteiger partial charge on any atom is -0.310 e. The van der Waals surface area contributed by atoms with Crippen molar-refractivity contribution in [2.24, 2.45) is 0 Å². The third kappa shape index (κ3) is 4.49. The van der Waals surface area contributed by atoms with E-state index in [-0.39, 0.29) is 0 Å². The Morgan fingerprint density at radius 3 is 1.45 bits per heavy atom. The number of para-hydroxylation sites is 2. The lowest BCUT2D eigenvalue weighted by atomic mass is 10.00. The van der Waals surface area contributed by atoms with E-state index in [1.165, 1.54) is 97.1 Å². The first kappa shape index (κ1) is 31.8. The summed E-state index contributed by atoms with van der Waals surface area (Å²) in [4.78, 5) is 2.43. The van der Waals surface area contributed by atoms with Gasteiger partial charge in [0.1, 0.15) is 0 Å². The van der Waals surface area contributed by atoms with Crippen LogP contribution in [0.25, 0.3) is 97.1 Å². The molecule has 58 heavy (non-hydrogen) atoms. The van der Waals surface area contributed by atoms with Gasteiger partial charge in [-0.25, -0.2) is 0 Å². The van der Waals surface area contributed by atoms with E-state index in [0.29, 0.717) is 0 Å². The lowest BCUT2D eigenvalue weighted by Crippen LogP contribution is -2.10. The highest BCUT2D eigenvalue weighted by atomic mass is 32.1. The summed E-state index contributed by atoms with van der Waals surface area (Å²) >= 11 is 1.86. The molecule has 13 aromatic rings. The molecule has 270 valence electrons. The van der Waals surface area contributed by atoms with Gasteiger partial charge < -0.3 is 13.7 Å². The molecule has 0 bridgehead atoms. The Morgan fingerprint density at radius 2 is 0.776 bits per heavy atom. The highest BCUT2D eigenvalue weighted by Crippen LogP contribution is 2.45. The lowest BCUT2D eigenvalue weighted by Gasteiger charge is -2.26. The molecule has 0 aliphatic heterocycles. The third-order valence-corrected chi connectivity index (χ3v) is 13.4. The molecule has 3 nitrogen and oxygen atoms in total. The number of thiophene rings is 1. The predicted molar refractivity (Wildman–Crippen MR) is 248 cm³/mol. The highest BCUT2D eigenvalue weighted by molar-refractivity contribution is 7.25. The second kappa shape index (κ2) is 12.1. The van der Waals surface area contributed by atoms with Crippen LogP contribution in [0.2, 0.25) is 0 Å². The van der Waals surface area contributed by atoms with Crippen LogP contribution in [0.3, 0.4) is 0 Å². The molecule has 0 amide bonds. The average Bonchev–Trinajstić information content (AvgIpc) is 3.95. The van der Waals surface area contributed by atoms with Gasteiger partial charge in [0.25, 0.3) is 0 Å². The molecule has 0 saturated heterocycles. The van der Waals surface area contributed by atoms with Gasteiger partial charge in [-0.05, 0) is 89.0 Å². The van der Waals surface area contributed by atoms with Gasteiger partial charge >= 0.3 is 0 Å². The number of rotatable bonds is 5. The van der Waals surface area contributed by atoms with Crippen molar-refractivity contribution in [2.45, 2.75) is 0 Å². The van der Waals surface area contributed by atoms with Crippen molar-refractivity contribution in [2.75, 3.05) is 4.90 Å². The molecule has 0 aliphatic carbocycles. The Bertz CT molecular complexity index is 3720. The lowest BCUT2D eigenvalue weighted by molar-refractivity contribution is 1.24. The Morgan fingerprint density at radius 1 is 0.293 bits per heavy atom. The van der Waals surface area contributed by atoms with Crippen LogP contribution in [0.4, 0.5) is 17.1 Å². The van der Waals surface area contributed by atoms with Gasteiger partial charge in [0.05, 0.1) is 33.1 Å². The molecular weight excluding hydrogens is 723 g/mol. The number of hydrogen-bond donors (Lipinski definition) is 0. The molecule has 0 radical (unpaired) electrons. The van der Waals surface area contributed by atoms with E-state index in [1.807, 2.05) is 11.3 Å². The van der Waals surface area contributed by atoms with E-state index in [1.54, 1.807) is 0 Å². The number of benzene rings is 9. The second-order valence-electron chi connectivity index (χ2n) is 15.3. The van der Waals surface area contributed by atoms with Crippen LogP contribution in [-0.2, 0) is 0 Å². The molecule has 0 saturated carbocycles. The summed E-state index contributed by atoms with van der Waals surface area (Å²) in [6.07, 6.45) is 0. The molecule has 0 spiro atoms. The van der Waals surface area contributed by atoms with Gasteiger partial charge in [-0.2, -0.15) is 0 Å². The SMILES string of the molecule is c1ccc(-c2ccc(-c3ccc(N(c4ccc5sc6ccccc6c5c4)c4ccc5c(c4)n4c6ccccc6c6ccc7c8ccccc8n5c7c64)cc3)cc2)cc1. The summed E-state index contributed by atoms with van der Waals surface area (Å²) in [6, 6.07) is 73.7. The van der Waals surface area contributed by atoms with Crippen LogP contribution < -0.4 is 4.90 Å². The van der Waals surface area contributed by atoms with E-state index in [2.05, 4.69) is 214 Å². The largest absolute Gasteiger partial charge is 0.310 e. The monoisotopic (exact) mass is 755 g/mol. The standard InChI is InChI=1S/C54H33N3S/c1-2-10-34(11-3-1)35-18-20-36(21-19-35)37-22-24-38(25-23-37)55(39-27-31-52-46(32-39)43-14-6-9-17-51(43)58-52)40-26-30-49-50(33-40)57-48-16-8-5-13-42(48)45-29-28-44-41-12-4-7-15-47(41)56(49)53(44)54(45)57/h1-33H. The number of anilines is 3. The van der Waals surface area contributed by atoms with Gasteiger partial charge in [-0.3, -0.25) is 0 Å². The minimum absolute atomic E-state index is 1.11. The predicted octanol–water partition coefficient (Wildman–Crippen LogP) is 15.4. The van der Waals surface area contributed by atoms with E-state index in [4.69, 9.17) is 0 Å². The first-order valence-electron chi connectivity index (χ1n) is 19.8. The molecule has 0 N–H and O–H groups in total. The summed E-state index contributed by atoms with van der Waals surface area (Å²) in [5, 5.41) is 7.70. The summed E-state index contributed by atoms with van der Waals surface area (Å²) in [5.41, 5.74) is 15.5. The molecular formula is C54H33N3S. The normalized spacial score (nSPS) is 12.1. The number of fused-ring (bicyclic) bond motifs is 12. The van der Waals surface area contributed by atoms with Gasteiger partial charge in [-0.15, -0.1) is 11.3 Å². The number of hydrogen-bond acceptors (Lipinski definition) is 2. The van der Waals surface area contributed by atoms with E-state index >= 15 is 0 Å². The van der Waals surface area contributed by atoms with Gasteiger partial charge in [0, 0.05) is 58.8 Å². The zero-order valence-corrected chi connectivity index (χ0v) is 32.1. The Hall–Kier alpha value is -7.40. The quantitative estimate of drug-likeness (QED) is 0.159. The van der Waals surface area contributed by atoms with Crippen molar-refractivity contribution in [1.29, 1.82) is 0 Å². The summed E-state index contributed by atoms with van der Waals surface area (Å²) in [6.45, 7) is 0. The fourth-order valence-corrected chi connectivity index (χ4v) is 10.7. The molecule has 13 rings (SSSR count). The Labute approximate surface area is 337 Å². The second-order valence-corrected chi connectivity index (χ2v) is 16.4. The van der Waals surface area contributed by atoms with Crippen LogP contribution >= 0.6 is 11.3 Å². The van der Waals surface area contributed by atoms with Crippen LogP contribution in [0, 0.1) is 0 Å². The van der Waals surface area contributed by atoms with Crippen LogP contribution in [0.5, 0.6) is 0 Å². The minimum atomic E-state index is 1.11. The van der Waals surface area contributed by atoms with E-state index < -0.39 is 0 Å². The van der Waals surface area contributed by atoms with Crippen molar-refractivity contribution in [3.63, 3.8) is 0 Å².